The summed E-state index contributed by atoms with van der Waals surface area (Å²) >= 11 is 0. The number of primary amides is 1. The van der Waals surface area contributed by atoms with Crippen LogP contribution in [0.4, 0.5) is 0 Å². The number of hydrogen-bond acceptors (Lipinski definition) is 4. The van der Waals surface area contributed by atoms with Crippen molar-refractivity contribution >= 4 is 35.8 Å². The van der Waals surface area contributed by atoms with Crippen molar-refractivity contribution in [2.45, 2.75) is 19.8 Å². The normalized spacial score (nSPS) is 16.7. The van der Waals surface area contributed by atoms with E-state index in [1.54, 1.807) is 7.11 Å². The number of benzene rings is 1. The molecule has 1 aliphatic heterocycles. The van der Waals surface area contributed by atoms with E-state index < -0.39 is 5.91 Å². The predicted molar refractivity (Wildman–Crippen MR) is 118 cm³/mol. The van der Waals surface area contributed by atoms with Gasteiger partial charge in [-0.1, -0.05) is 12.1 Å². The molecule has 0 bridgehead atoms. The lowest BCUT2D eigenvalue weighted by Gasteiger charge is -2.21. The van der Waals surface area contributed by atoms with Crippen molar-refractivity contribution in [2.75, 3.05) is 46.5 Å². The van der Waals surface area contributed by atoms with Gasteiger partial charge in [-0.05, 0) is 37.5 Å². The Kier molecular flexibility index (Phi) is 11.1. The van der Waals surface area contributed by atoms with E-state index in [-0.39, 0.29) is 30.6 Å². The number of aliphatic imine (C=N–C) groups is 1. The van der Waals surface area contributed by atoms with Crippen molar-refractivity contribution in [1.29, 1.82) is 0 Å². The number of guanidine groups is 1. The van der Waals surface area contributed by atoms with Crippen molar-refractivity contribution in [1.82, 2.24) is 10.2 Å². The van der Waals surface area contributed by atoms with Crippen LogP contribution in [0.15, 0.2) is 29.3 Å². The van der Waals surface area contributed by atoms with Gasteiger partial charge < -0.3 is 25.4 Å². The minimum absolute atomic E-state index is 0. The smallest absolute Gasteiger partial charge is 0.255 e. The average molecular weight is 490 g/mol. The molecule has 1 saturated heterocycles. The maximum atomic E-state index is 10.7. The Balaban J connectivity index is 0.00000364. The molecule has 0 spiro atoms. The third kappa shape index (κ3) is 8.34. The molecular formula is C19H31IN4O3. The molecule has 1 heterocycles. The first-order valence-electron chi connectivity index (χ1n) is 9.14. The summed E-state index contributed by atoms with van der Waals surface area (Å²) in [6, 6.07) is 7.68. The zero-order chi connectivity index (χ0) is 18.8. The average Bonchev–Trinajstić information content (AvgIpc) is 3.09. The standard InChI is InChI=1S/C19H30N4O3.HI/c1-3-21-19(23-11-9-16(12-23)13-25-2)22-10-8-15-4-6-17(7-5-15)26-14-18(20)24;/h4-7,16H,3,8-14H2,1-2H3,(H2,20,24)(H,21,22);1H. The van der Waals surface area contributed by atoms with E-state index in [0.29, 0.717) is 11.7 Å². The highest BCUT2D eigenvalue weighted by Gasteiger charge is 2.24. The monoisotopic (exact) mass is 490 g/mol. The van der Waals surface area contributed by atoms with Crippen LogP contribution < -0.4 is 15.8 Å². The molecule has 1 fully saturated rings. The van der Waals surface area contributed by atoms with E-state index in [2.05, 4.69) is 17.1 Å². The molecule has 2 rings (SSSR count). The number of halogens is 1. The van der Waals surface area contributed by atoms with Crippen LogP contribution in [0.25, 0.3) is 0 Å². The Hall–Kier alpha value is -1.55. The summed E-state index contributed by atoms with van der Waals surface area (Å²) in [5.74, 6) is 1.73. The van der Waals surface area contributed by atoms with Gasteiger partial charge in [0.1, 0.15) is 5.75 Å². The molecule has 152 valence electrons. The lowest BCUT2D eigenvalue weighted by molar-refractivity contribution is -0.119. The summed E-state index contributed by atoms with van der Waals surface area (Å²) in [5, 5.41) is 3.38. The number of likely N-dealkylation sites (tertiary alicyclic amines) is 1. The van der Waals surface area contributed by atoms with E-state index in [0.717, 1.165) is 51.6 Å². The molecule has 1 unspecified atom stereocenters. The summed E-state index contributed by atoms with van der Waals surface area (Å²) in [7, 11) is 1.76. The number of nitrogens with two attached hydrogens (primary N) is 1. The van der Waals surface area contributed by atoms with Gasteiger partial charge in [0.05, 0.1) is 6.61 Å². The minimum atomic E-state index is -0.478. The van der Waals surface area contributed by atoms with Crippen LogP contribution in [-0.2, 0) is 16.0 Å². The number of ether oxygens (including phenoxy) is 2. The van der Waals surface area contributed by atoms with E-state index in [1.807, 2.05) is 24.3 Å². The van der Waals surface area contributed by atoms with Gasteiger partial charge >= 0.3 is 0 Å². The van der Waals surface area contributed by atoms with Gasteiger partial charge in [-0.15, -0.1) is 24.0 Å². The molecule has 0 saturated carbocycles. The van der Waals surface area contributed by atoms with Crippen molar-refractivity contribution in [2.24, 2.45) is 16.6 Å². The van der Waals surface area contributed by atoms with Gasteiger partial charge in [0, 0.05) is 39.2 Å². The molecule has 0 aliphatic carbocycles. The van der Waals surface area contributed by atoms with Crippen LogP contribution in [0.5, 0.6) is 5.75 Å². The molecule has 0 radical (unpaired) electrons. The molecule has 3 N–H and O–H groups in total. The number of carbonyl (C=O) groups excluding carboxylic acids is 1. The van der Waals surface area contributed by atoms with Crippen LogP contribution >= 0.6 is 24.0 Å². The number of carbonyl (C=O) groups is 1. The number of nitrogens with zero attached hydrogens (tertiary/aromatic N) is 2. The second-order valence-corrected chi connectivity index (χ2v) is 6.44. The SMILES string of the molecule is CCNC(=NCCc1ccc(OCC(N)=O)cc1)N1CCC(COC)C1.I. The Morgan fingerprint density at radius 2 is 2.11 bits per heavy atom. The fourth-order valence-corrected chi connectivity index (χ4v) is 3.02. The second-order valence-electron chi connectivity index (χ2n) is 6.44. The Morgan fingerprint density at radius 3 is 2.74 bits per heavy atom. The lowest BCUT2D eigenvalue weighted by atomic mass is 10.1. The molecule has 27 heavy (non-hydrogen) atoms. The Labute approximate surface area is 178 Å². The summed E-state index contributed by atoms with van der Waals surface area (Å²) in [6.45, 7) is 6.38. The zero-order valence-electron chi connectivity index (χ0n) is 16.1. The number of methoxy groups -OCH3 is 1. The van der Waals surface area contributed by atoms with Gasteiger partial charge in [-0.3, -0.25) is 9.79 Å². The predicted octanol–water partition coefficient (Wildman–Crippen LogP) is 1.64. The largest absolute Gasteiger partial charge is 0.484 e. The Morgan fingerprint density at radius 1 is 1.37 bits per heavy atom. The van der Waals surface area contributed by atoms with Crippen molar-refractivity contribution in [3.8, 4) is 5.75 Å². The molecule has 1 aliphatic rings. The first-order valence-corrected chi connectivity index (χ1v) is 9.14. The van der Waals surface area contributed by atoms with Crippen LogP contribution in [0.3, 0.4) is 0 Å². The van der Waals surface area contributed by atoms with Crippen LogP contribution in [0.1, 0.15) is 18.9 Å². The summed E-state index contributed by atoms with van der Waals surface area (Å²) in [6.07, 6.45) is 1.99. The van der Waals surface area contributed by atoms with Gasteiger partial charge in [-0.25, -0.2) is 0 Å². The Bertz CT molecular complexity index is 595. The van der Waals surface area contributed by atoms with E-state index >= 15 is 0 Å². The maximum absolute atomic E-state index is 10.7. The summed E-state index contributed by atoms with van der Waals surface area (Å²) in [4.78, 5) is 17.8. The van der Waals surface area contributed by atoms with Crippen molar-refractivity contribution in [3.05, 3.63) is 29.8 Å². The maximum Gasteiger partial charge on any atom is 0.255 e. The highest BCUT2D eigenvalue weighted by molar-refractivity contribution is 14.0. The van der Waals surface area contributed by atoms with Crippen LogP contribution in [0, 0.1) is 5.92 Å². The molecule has 1 aromatic carbocycles. The number of nitrogens with one attached hydrogen (secondary N) is 1. The molecule has 8 heteroatoms. The molecule has 1 amide bonds. The van der Waals surface area contributed by atoms with Gasteiger partial charge in [0.15, 0.2) is 12.6 Å². The molecule has 1 atom stereocenters. The fourth-order valence-electron chi connectivity index (χ4n) is 3.02. The number of rotatable bonds is 9. The van der Waals surface area contributed by atoms with Crippen LogP contribution in [0.2, 0.25) is 0 Å². The molecule has 1 aromatic rings. The first kappa shape index (κ1) is 23.5. The van der Waals surface area contributed by atoms with E-state index in [1.165, 1.54) is 5.56 Å². The minimum Gasteiger partial charge on any atom is -0.484 e. The second kappa shape index (κ2) is 12.8. The topological polar surface area (TPSA) is 89.2 Å². The molecular weight excluding hydrogens is 459 g/mol. The van der Waals surface area contributed by atoms with Crippen LogP contribution in [-0.4, -0.2) is 63.3 Å². The van der Waals surface area contributed by atoms with Gasteiger partial charge in [0.2, 0.25) is 0 Å². The number of hydrogen-bond donors (Lipinski definition) is 2. The van der Waals surface area contributed by atoms with E-state index in [9.17, 15) is 4.79 Å². The summed E-state index contributed by atoms with van der Waals surface area (Å²) < 4.78 is 10.5. The quantitative estimate of drug-likeness (QED) is 0.312. The lowest BCUT2D eigenvalue weighted by Crippen LogP contribution is -2.40. The van der Waals surface area contributed by atoms with Gasteiger partial charge in [-0.2, -0.15) is 0 Å². The highest BCUT2D eigenvalue weighted by Crippen LogP contribution is 2.16. The molecule has 0 aromatic heterocycles. The fraction of sp³-hybridized carbons (Fsp3) is 0.579. The van der Waals surface area contributed by atoms with Crippen molar-refractivity contribution in [3.63, 3.8) is 0 Å². The van der Waals surface area contributed by atoms with E-state index in [4.69, 9.17) is 20.2 Å². The molecule has 7 nitrogen and oxygen atoms in total. The zero-order valence-corrected chi connectivity index (χ0v) is 18.5. The van der Waals surface area contributed by atoms with Gasteiger partial charge in [0.25, 0.3) is 5.91 Å². The highest BCUT2D eigenvalue weighted by atomic mass is 127. The third-order valence-electron chi connectivity index (χ3n) is 4.29. The number of amides is 1. The third-order valence-corrected chi connectivity index (χ3v) is 4.29. The van der Waals surface area contributed by atoms with Crippen molar-refractivity contribution < 1.29 is 14.3 Å². The first-order chi connectivity index (χ1) is 12.6. The summed E-state index contributed by atoms with van der Waals surface area (Å²) in [5.41, 5.74) is 6.25.